The van der Waals surface area contributed by atoms with Crippen LogP contribution in [0.2, 0.25) is 0 Å². The molecular formula is C18H26N2O. The molecule has 0 saturated heterocycles. The van der Waals surface area contributed by atoms with Crippen LogP contribution in [0.15, 0.2) is 34.9 Å². The predicted octanol–water partition coefficient (Wildman–Crippen LogP) is 4.38. The summed E-state index contributed by atoms with van der Waals surface area (Å²) in [5.41, 5.74) is 2.57. The maximum atomic E-state index is 5.80. The maximum absolute atomic E-state index is 5.80. The topological polar surface area (TPSA) is 38.1 Å². The quantitative estimate of drug-likeness (QED) is 0.886. The third kappa shape index (κ3) is 4.43. The lowest BCUT2D eigenvalue weighted by Crippen LogP contribution is -2.18. The highest BCUT2D eigenvalue weighted by atomic mass is 16.4. The van der Waals surface area contributed by atoms with Gasteiger partial charge in [0.05, 0.1) is 12.7 Å². The van der Waals surface area contributed by atoms with E-state index in [0.717, 1.165) is 23.8 Å². The molecule has 1 aromatic carbocycles. The fourth-order valence-electron chi connectivity index (χ4n) is 2.13. The van der Waals surface area contributed by atoms with Gasteiger partial charge in [-0.2, -0.15) is 0 Å². The van der Waals surface area contributed by atoms with Crippen LogP contribution in [0.5, 0.6) is 0 Å². The average Bonchev–Trinajstić information content (AvgIpc) is 2.86. The van der Waals surface area contributed by atoms with Crippen LogP contribution in [0.25, 0.3) is 11.3 Å². The van der Waals surface area contributed by atoms with Crippen molar-refractivity contribution in [2.24, 2.45) is 5.92 Å². The molecule has 0 spiro atoms. The Labute approximate surface area is 127 Å². The SMILES string of the molecule is CC(C)CNCc1ncc(-c2ccc(C(C)(C)C)cc2)o1. The van der Waals surface area contributed by atoms with E-state index in [9.17, 15) is 0 Å². The van der Waals surface area contributed by atoms with Gasteiger partial charge in [-0.15, -0.1) is 0 Å². The van der Waals surface area contributed by atoms with Crippen LogP contribution in [-0.4, -0.2) is 11.5 Å². The van der Waals surface area contributed by atoms with Crippen molar-refractivity contribution in [1.82, 2.24) is 10.3 Å². The summed E-state index contributed by atoms with van der Waals surface area (Å²) in [4.78, 5) is 4.33. The standard InChI is InChI=1S/C18H26N2O/c1-13(2)10-19-12-17-20-11-16(21-17)14-6-8-15(9-7-14)18(3,4)5/h6-9,11,13,19H,10,12H2,1-5H3. The van der Waals surface area contributed by atoms with E-state index in [-0.39, 0.29) is 5.41 Å². The molecule has 2 rings (SSSR count). The van der Waals surface area contributed by atoms with E-state index >= 15 is 0 Å². The minimum atomic E-state index is 0.172. The van der Waals surface area contributed by atoms with Gasteiger partial charge in [0, 0.05) is 5.56 Å². The fraction of sp³-hybridized carbons (Fsp3) is 0.500. The van der Waals surface area contributed by atoms with Gasteiger partial charge in [-0.25, -0.2) is 4.98 Å². The summed E-state index contributed by atoms with van der Waals surface area (Å²) in [6, 6.07) is 8.53. The lowest BCUT2D eigenvalue weighted by Gasteiger charge is -2.18. The van der Waals surface area contributed by atoms with Crippen molar-refractivity contribution >= 4 is 0 Å². The molecule has 0 fully saturated rings. The van der Waals surface area contributed by atoms with E-state index in [1.807, 2.05) is 0 Å². The summed E-state index contributed by atoms with van der Waals surface area (Å²) >= 11 is 0. The zero-order valence-electron chi connectivity index (χ0n) is 13.7. The summed E-state index contributed by atoms with van der Waals surface area (Å²) < 4.78 is 5.80. The molecule has 0 saturated carbocycles. The van der Waals surface area contributed by atoms with Crippen molar-refractivity contribution < 1.29 is 4.42 Å². The molecular weight excluding hydrogens is 260 g/mol. The Morgan fingerprint density at radius 3 is 2.38 bits per heavy atom. The van der Waals surface area contributed by atoms with Gasteiger partial charge in [-0.05, 0) is 23.4 Å². The summed E-state index contributed by atoms with van der Waals surface area (Å²) in [6.45, 7) is 12.7. The highest BCUT2D eigenvalue weighted by Crippen LogP contribution is 2.26. The predicted molar refractivity (Wildman–Crippen MR) is 87.2 cm³/mol. The zero-order chi connectivity index (χ0) is 15.5. The molecule has 1 N–H and O–H groups in total. The highest BCUT2D eigenvalue weighted by molar-refractivity contribution is 5.57. The Kier molecular flexibility index (Phi) is 4.84. The first-order valence-corrected chi connectivity index (χ1v) is 7.62. The molecule has 0 atom stereocenters. The summed E-state index contributed by atoms with van der Waals surface area (Å²) in [6.07, 6.45) is 1.80. The van der Waals surface area contributed by atoms with Crippen LogP contribution in [0, 0.1) is 5.92 Å². The number of rotatable bonds is 5. The molecule has 0 radical (unpaired) electrons. The molecule has 21 heavy (non-hydrogen) atoms. The largest absolute Gasteiger partial charge is 0.439 e. The van der Waals surface area contributed by atoms with E-state index in [1.165, 1.54) is 5.56 Å². The van der Waals surface area contributed by atoms with Gasteiger partial charge in [0.15, 0.2) is 5.76 Å². The van der Waals surface area contributed by atoms with E-state index in [1.54, 1.807) is 6.20 Å². The number of hydrogen-bond donors (Lipinski definition) is 1. The molecule has 114 valence electrons. The lowest BCUT2D eigenvalue weighted by atomic mass is 9.86. The molecule has 3 nitrogen and oxygen atoms in total. The molecule has 0 unspecified atom stereocenters. The van der Waals surface area contributed by atoms with Gasteiger partial charge >= 0.3 is 0 Å². The van der Waals surface area contributed by atoms with Gasteiger partial charge in [0.1, 0.15) is 0 Å². The Hall–Kier alpha value is -1.61. The summed E-state index contributed by atoms with van der Waals surface area (Å²) in [5, 5.41) is 3.34. The van der Waals surface area contributed by atoms with Gasteiger partial charge in [0.25, 0.3) is 0 Å². The molecule has 0 amide bonds. The van der Waals surface area contributed by atoms with Gasteiger partial charge in [-0.3, -0.25) is 0 Å². The van der Waals surface area contributed by atoms with Crippen LogP contribution in [0.4, 0.5) is 0 Å². The first-order valence-electron chi connectivity index (χ1n) is 7.62. The molecule has 3 heteroatoms. The van der Waals surface area contributed by atoms with E-state index in [2.05, 4.69) is 69.2 Å². The molecule has 0 aliphatic rings. The number of nitrogens with one attached hydrogen (secondary N) is 1. The Balaban J connectivity index is 2.04. The number of oxazole rings is 1. The van der Waals surface area contributed by atoms with E-state index in [4.69, 9.17) is 4.42 Å². The van der Waals surface area contributed by atoms with E-state index < -0.39 is 0 Å². The van der Waals surface area contributed by atoms with Crippen molar-refractivity contribution in [3.05, 3.63) is 41.9 Å². The third-order valence-electron chi connectivity index (χ3n) is 3.42. The first kappa shape index (κ1) is 15.8. The Bertz CT molecular complexity index is 562. The number of nitrogens with zero attached hydrogens (tertiary/aromatic N) is 1. The second-order valence-corrected chi connectivity index (χ2v) is 6.97. The van der Waals surface area contributed by atoms with Crippen LogP contribution in [-0.2, 0) is 12.0 Å². The first-order chi connectivity index (χ1) is 9.86. The molecule has 0 aliphatic heterocycles. The lowest BCUT2D eigenvalue weighted by molar-refractivity contribution is 0.459. The second kappa shape index (κ2) is 6.44. The number of aromatic nitrogens is 1. The summed E-state index contributed by atoms with van der Waals surface area (Å²) in [5.74, 6) is 2.20. The van der Waals surface area contributed by atoms with E-state index in [0.29, 0.717) is 12.5 Å². The molecule has 1 heterocycles. The monoisotopic (exact) mass is 286 g/mol. The van der Waals surface area contributed by atoms with Crippen molar-refractivity contribution in [3.8, 4) is 11.3 Å². The van der Waals surface area contributed by atoms with Crippen molar-refractivity contribution in [1.29, 1.82) is 0 Å². The zero-order valence-corrected chi connectivity index (χ0v) is 13.7. The average molecular weight is 286 g/mol. The molecule has 0 bridgehead atoms. The maximum Gasteiger partial charge on any atom is 0.208 e. The van der Waals surface area contributed by atoms with Gasteiger partial charge in [0.2, 0.25) is 5.89 Å². The van der Waals surface area contributed by atoms with Crippen molar-refractivity contribution in [2.75, 3.05) is 6.54 Å². The van der Waals surface area contributed by atoms with Crippen LogP contribution in [0.3, 0.4) is 0 Å². The van der Waals surface area contributed by atoms with Gasteiger partial charge in [-0.1, -0.05) is 58.9 Å². The number of hydrogen-bond acceptors (Lipinski definition) is 3. The normalized spacial score (nSPS) is 12.1. The van der Waals surface area contributed by atoms with Crippen LogP contribution < -0.4 is 5.32 Å². The fourth-order valence-corrected chi connectivity index (χ4v) is 2.13. The van der Waals surface area contributed by atoms with Crippen LogP contribution in [0.1, 0.15) is 46.1 Å². The molecule has 1 aromatic heterocycles. The Morgan fingerprint density at radius 1 is 1.14 bits per heavy atom. The highest BCUT2D eigenvalue weighted by Gasteiger charge is 2.14. The smallest absolute Gasteiger partial charge is 0.208 e. The minimum Gasteiger partial charge on any atom is -0.439 e. The van der Waals surface area contributed by atoms with Crippen molar-refractivity contribution in [3.63, 3.8) is 0 Å². The number of benzene rings is 1. The second-order valence-electron chi connectivity index (χ2n) is 6.97. The molecule has 0 aliphatic carbocycles. The third-order valence-corrected chi connectivity index (χ3v) is 3.42. The summed E-state index contributed by atoms with van der Waals surface area (Å²) in [7, 11) is 0. The van der Waals surface area contributed by atoms with Crippen molar-refractivity contribution in [2.45, 2.75) is 46.6 Å². The van der Waals surface area contributed by atoms with Gasteiger partial charge < -0.3 is 9.73 Å². The Morgan fingerprint density at radius 2 is 1.81 bits per heavy atom. The van der Waals surface area contributed by atoms with Crippen LogP contribution >= 0.6 is 0 Å². The minimum absolute atomic E-state index is 0.172. The molecule has 2 aromatic rings.